The molecule has 148 valence electrons. The third kappa shape index (κ3) is 5.52. The van der Waals surface area contributed by atoms with Crippen molar-refractivity contribution in [2.75, 3.05) is 11.1 Å². The van der Waals surface area contributed by atoms with Crippen LogP contribution >= 0.6 is 11.8 Å². The fourth-order valence-corrected chi connectivity index (χ4v) is 3.58. The van der Waals surface area contributed by atoms with Gasteiger partial charge < -0.3 is 16.2 Å². The number of nitrogens with one attached hydrogen (secondary N) is 2. The van der Waals surface area contributed by atoms with Crippen LogP contribution in [0.25, 0.3) is 0 Å². The number of benzene rings is 3. The van der Waals surface area contributed by atoms with Crippen LogP contribution in [0.15, 0.2) is 82.6 Å². The van der Waals surface area contributed by atoms with Crippen molar-refractivity contribution in [1.29, 1.82) is 0 Å². The first-order valence-electron chi connectivity index (χ1n) is 8.95. The van der Waals surface area contributed by atoms with Crippen molar-refractivity contribution in [2.45, 2.75) is 22.8 Å². The summed E-state index contributed by atoms with van der Waals surface area (Å²) in [5.74, 6) is -0.186. The fraction of sp³-hybridized carbons (Fsp3) is 0.0909. The van der Waals surface area contributed by atoms with Gasteiger partial charge in [-0.2, -0.15) is 0 Å². The van der Waals surface area contributed by atoms with Crippen LogP contribution in [0.5, 0.6) is 0 Å². The molecule has 0 spiro atoms. The van der Waals surface area contributed by atoms with Gasteiger partial charge in [0, 0.05) is 26.7 Å². The number of hydrogen-bond donors (Lipinski definition) is 4. The first kappa shape index (κ1) is 20.3. The Kier molecular flexibility index (Phi) is 6.41. The molecule has 0 fully saturated rings. The van der Waals surface area contributed by atoms with E-state index in [2.05, 4.69) is 10.6 Å². The zero-order valence-electron chi connectivity index (χ0n) is 15.8. The Balaban J connectivity index is 1.66. The summed E-state index contributed by atoms with van der Waals surface area (Å²) in [5.41, 5.74) is 8.68. The second kappa shape index (κ2) is 9.16. The third-order valence-electron chi connectivity index (χ3n) is 4.25. The largest absolute Gasteiger partial charge is 0.465 e. The van der Waals surface area contributed by atoms with Gasteiger partial charge in [-0.05, 0) is 55.0 Å². The van der Waals surface area contributed by atoms with Crippen LogP contribution < -0.4 is 16.4 Å². The summed E-state index contributed by atoms with van der Waals surface area (Å²) in [6, 6.07) is 21.8. The monoisotopic (exact) mass is 407 g/mol. The maximum Gasteiger partial charge on any atom is 0.409 e. The van der Waals surface area contributed by atoms with Crippen molar-refractivity contribution in [3.05, 3.63) is 83.9 Å². The summed E-state index contributed by atoms with van der Waals surface area (Å²) in [6.45, 7) is 1.93. The predicted octanol–water partition coefficient (Wildman–Crippen LogP) is 5.00. The molecule has 2 amide bonds. The molecule has 0 saturated carbocycles. The van der Waals surface area contributed by atoms with Crippen molar-refractivity contribution in [3.63, 3.8) is 0 Å². The molecule has 0 bridgehead atoms. The second-order valence-electron chi connectivity index (χ2n) is 6.42. The minimum absolute atomic E-state index is 0.114. The number of anilines is 2. The molecule has 0 radical (unpaired) electrons. The van der Waals surface area contributed by atoms with Crippen molar-refractivity contribution in [2.24, 2.45) is 0 Å². The molecule has 3 rings (SSSR count). The van der Waals surface area contributed by atoms with Gasteiger partial charge >= 0.3 is 6.09 Å². The molecule has 0 aromatic heterocycles. The van der Waals surface area contributed by atoms with E-state index in [1.54, 1.807) is 36.4 Å². The lowest BCUT2D eigenvalue weighted by Crippen LogP contribution is -2.26. The zero-order valence-corrected chi connectivity index (χ0v) is 16.6. The van der Waals surface area contributed by atoms with Gasteiger partial charge in [0.05, 0.1) is 6.04 Å². The van der Waals surface area contributed by atoms with Gasteiger partial charge in [0.2, 0.25) is 0 Å². The van der Waals surface area contributed by atoms with Crippen LogP contribution in [0.1, 0.15) is 28.9 Å². The van der Waals surface area contributed by atoms with E-state index in [1.165, 1.54) is 11.8 Å². The number of hydrogen-bond acceptors (Lipinski definition) is 4. The molecular weight excluding hydrogens is 386 g/mol. The van der Waals surface area contributed by atoms with Crippen molar-refractivity contribution in [1.82, 2.24) is 5.32 Å². The van der Waals surface area contributed by atoms with Crippen LogP contribution in [-0.2, 0) is 0 Å². The minimum atomic E-state index is -1.11. The third-order valence-corrected chi connectivity index (χ3v) is 5.35. The summed E-state index contributed by atoms with van der Waals surface area (Å²) in [5, 5.41) is 14.0. The molecule has 29 heavy (non-hydrogen) atoms. The van der Waals surface area contributed by atoms with E-state index in [0.717, 1.165) is 15.4 Å². The molecule has 6 nitrogen and oxygen atoms in total. The minimum Gasteiger partial charge on any atom is -0.465 e. The first-order valence-corrected chi connectivity index (χ1v) is 9.77. The molecule has 1 unspecified atom stereocenters. The lowest BCUT2D eigenvalue weighted by atomic mass is 10.1. The quantitative estimate of drug-likeness (QED) is 0.430. The molecule has 0 aliphatic rings. The zero-order chi connectivity index (χ0) is 20.8. The topological polar surface area (TPSA) is 104 Å². The normalized spacial score (nSPS) is 11.5. The Morgan fingerprint density at radius 2 is 1.69 bits per heavy atom. The number of amides is 2. The van der Waals surface area contributed by atoms with Crippen molar-refractivity contribution >= 4 is 35.1 Å². The lowest BCUT2D eigenvalue weighted by molar-refractivity contribution is 0.0940. The van der Waals surface area contributed by atoms with Crippen molar-refractivity contribution in [3.8, 4) is 0 Å². The first-order chi connectivity index (χ1) is 13.9. The SMILES string of the molecule is CC(NC(=O)c1ccc(Sc2ccc(NC(=O)O)cc2)c(N)c1)c1ccccc1. The Morgan fingerprint density at radius 3 is 2.31 bits per heavy atom. The number of carbonyl (C=O) groups is 2. The van der Waals surface area contributed by atoms with E-state index >= 15 is 0 Å². The van der Waals surface area contributed by atoms with Crippen LogP contribution in [0, 0.1) is 0 Å². The lowest BCUT2D eigenvalue weighted by Gasteiger charge is -2.15. The van der Waals surface area contributed by atoms with Crippen LogP contribution in [-0.4, -0.2) is 17.1 Å². The van der Waals surface area contributed by atoms with Gasteiger partial charge in [-0.25, -0.2) is 4.79 Å². The smallest absolute Gasteiger partial charge is 0.409 e. The summed E-state index contributed by atoms with van der Waals surface area (Å²) in [7, 11) is 0. The molecule has 0 aliphatic heterocycles. The van der Waals surface area contributed by atoms with Crippen LogP contribution in [0.4, 0.5) is 16.2 Å². The van der Waals surface area contributed by atoms with Gasteiger partial charge in [-0.15, -0.1) is 0 Å². The molecule has 5 N–H and O–H groups in total. The molecule has 0 heterocycles. The maximum atomic E-state index is 12.5. The highest BCUT2D eigenvalue weighted by Crippen LogP contribution is 2.33. The standard InChI is InChI=1S/C22H21N3O3S/c1-14(15-5-3-2-4-6-15)24-21(26)16-7-12-20(19(23)13-16)29-18-10-8-17(9-11-18)25-22(27)28/h2-14,25H,23H2,1H3,(H,24,26)(H,27,28). The van der Waals surface area contributed by atoms with E-state index < -0.39 is 6.09 Å². The number of rotatable bonds is 6. The Labute approximate surface area is 173 Å². The van der Waals surface area contributed by atoms with E-state index in [-0.39, 0.29) is 11.9 Å². The van der Waals surface area contributed by atoms with Gasteiger partial charge in [-0.3, -0.25) is 10.1 Å². The van der Waals surface area contributed by atoms with E-state index in [1.807, 2.05) is 43.3 Å². The van der Waals surface area contributed by atoms with Gasteiger partial charge in [0.15, 0.2) is 0 Å². The molecular formula is C22H21N3O3S. The molecule has 3 aromatic carbocycles. The van der Waals surface area contributed by atoms with Crippen LogP contribution in [0.3, 0.4) is 0 Å². The van der Waals surface area contributed by atoms with Gasteiger partial charge in [0.1, 0.15) is 0 Å². The average molecular weight is 407 g/mol. The molecule has 0 saturated heterocycles. The molecule has 1 atom stereocenters. The molecule has 0 aliphatic carbocycles. The second-order valence-corrected chi connectivity index (χ2v) is 7.53. The van der Waals surface area contributed by atoms with E-state index in [0.29, 0.717) is 16.9 Å². The number of carboxylic acid groups (broad SMARTS) is 1. The Bertz CT molecular complexity index is 1010. The van der Waals surface area contributed by atoms with Crippen molar-refractivity contribution < 1.29 is 14.7 Å². The molecule has 7 heteroatoms. The van der Waals surface area contributed by atoms with Gasteiger partial charge in [0.25, 0.3) is 5.91 Å². The highest BCUT2D eigenvalue weighted by atomic mass is 32.2. The van der Waals surface area contributed by atoms with E-state index in [4.69, 9.17) is 10.8 Å². The van der Waals surface area contributed by atoms with E-state index in [9.17, 15) is 9.59 Å². The summed E-state index contributed by atoms with van der Waals surface area (Å²) in [4.78, 5) is 24.9. The number of nitrogen functional groups attached to an aromatic ring is 1. The predicted molar refractivity (Wildman–Crippen MR) is 115 cm³/mol. The highest BCUT2D eigenvalue weighted by molar-refractivity contribution is 7.99. The van der Waals surface area contributed by atoms with Crippen LogP contribution in [0.2, 0.25) is 0 Å². The Hall–Kier alpha value is -3.45. The number of nitrogens with two attached hydrogens (primary N) is 1. The number of carbonyl (C=O) groups excluding carboxylic acids is 1. The fourth-order valence-electron chi connectivity index (χ4n) is 2.74. The molecule has 3 aromatic rings. The van der Waals surface area contributed by atoms with Gasteiger partial charge in [-0.1, -0.05) is 42.1 Å². The summed E-state index contributed by atoms with van der Waals surface area (Å²) < 4.78 is 0. The summed E-state index contributed by atoms with van der Waals surface area (Å²) in [6.07, 6.45) is -1.11. The Morgan fingerprint density at radius 1 is 1.00 bits per heavy atom. The maximum absolute atomic E-state index is 12.5. The average Bonchev–Trinajstić information content (AvgIpc) is 2.71. The summed E-state index contributed by atoms with van der Waals surface area (Å²) >= 11 is 1.44. The highest BCUT2D eigenvalue weighted by Gasteiger charge is 2.13.